The number of nitriles is 1. The second-order valence-corrected chi connectivity index (χ2v) is 14.6. The van der Waals surface area contributed by atoms with Gasteiger partial charge in [0.05, 0.1) is 29.5 Å². The van der Waals surface area contributed by atoms with Crippen molar-refractivity contribution in [3.8, 4) is 22.9 Å². The van der Waals surface area contributed by atoms with Crippen molar-refractivity contribution in [2.45, 2.75) is 63.8 Å². The number of rotatable bonds is 7. The van der Waals surface area contributed by atoms with E-state index in [1.54, 1.807) is 17.0 Å². The molecule has 3 aliphatic heterocycles. The molecular formula is C37H42FN7O3. The smallest absolute Gasteiger partial charge is 0.410 e. The number of nitrogens with one attached hydrogen (secondary N) is 1. The van der Waals surface area contributed by atoms with Gasteiger partial charge in [0.15, 0.2) is 11.6 Å². The molecule has 4 aliphatic rings. The van der Waals surface area contributed by atoms with E-state index in [1.807, 2.05) is 65.2 Å². The Labute approximate surface area is 279 Å². The average Bonchev–Trinajstić information content (AvgIpc) is 3.59. The van der Waals surface area contributed by atoms with Crippen LogP contribution in [0.5, 0.6) is 5.75 Å². The topological polar surface area (TPSA) is 131 Å². The van der Waals surface area contributed by atoms with Crippen LogP contribution in [0.1, 0.15) is 39.2 Å². The minimum atomic E-state index is -0.606. The maximum atomic E-state index is 17.3. The van der Waals surface area contributed by atoms with Crippen molar-refractivity contribution in [1.29, 1.82) is 5.26 Å². The first-order valence-electron chi connectivity index (χ1n) is 16.6. The van der Waals surface area contributed by atoms with Crippen LogP contribution in [-0.4, -0.2) is 83.4 Å². The summed E-state index contributed by atoms with van der Waals surface area (Å²) in [7, 11) is 4.06. The average molecular weight is 652 g/mol. The van der Waals surface area contributed by atoms with Crippen LogP contribution in [0.3, 0.4) is 0 Å². The largest absolute Gasteiger partial charge is 0.508 e. The number of aromatic nitrogens is 1. The quantitative estimate of drug-likeness (QED) is 0.217. The molecule has 3 atom stereocenters. The number of phenolic OH excluding ortho intramolecular Hbond substituents is 1. The Balaban J connectivity index is 1.38. The number of carbonyl (C=O) groups is 1. The van der Waals surface area contributed by atoms with E-state index in [0.717, 1.165) is 17.2 Å². The van der Waals surface area contributed by atoms with Gasteiger partial charge in [-0.25, -0.2) is 14.2 Å². The highest BCUT2D eigenvalue weighted by Gasteiger charge is 2.55. The summed E-state index contributed by atoms with van der Waals surface area (Å²) < 4.78 is 23.0. The van der Waals surface area contributed by atoms with Crippen molar-refractivity contribution in [2.75, 3.05) is 49.7 Å². The molecule has 4 aromatic rings. The van der Waals surface area contributed by atoms with E-state index >= 15 is 4.39 Å². The second kappa shape index (κ2) is 11.7. The number of carbonyl (C=O) groups excluding carboxylic acids is 1. The zero-order valence-electron chi connectivity index (χ0n) is 28.0. The molecule has 2 bridgehead atoms. The highest BCUT2D eigenvalue weighted by molar-refractivity contribution is 6.06. The van der Waals surface area contributed by atoms with Gasteiger partial charge < -0.3 is 35.6 Å². The van der Waals surface area contributed by atoms with E-state index in [2.05, 4.69) is 21.2 Å². The number of amides is 1. The number of nitrogens with two attached hydrogens (primary N) is 1. The molecule has 1 saturated carbocycles. The minimum absolute atomic E-state index is 0.0213. The van der Waals surface area contributed by atoms with Crippen LogP contribution >= 0.6 is 0 Å². The highest BCUT2D eigenvalue weighted by Crippen LogP contribution is 2.48. The summed E-state index contributed by atoms with van der Waals surface area (Å²) in [5.74, 6) is 0.191. The predicted octanol–water partition coefficient (Wildman–Crippen LogP) is 6.11. The number of pyridine rings is 1. The number of likely N-dealkylation sites (N-methyl/N-ethyl adjacent to an activating group) is 1. The van der Waals surface area contributed by atoms with Gasteiger partial charge in [0, 0.05) is 49.0 Å². The fourth-order valence-corrected chi connectivity index (χ4v) is 7.48. The molecule has 8 rings (SSSR count). The van der Waals surface area contributed by atoms with Gasteiger partial charge in [-0.2, -0.15) is 5.26 Å². The zero-order valence-corrected chi connectivity index (χ0v) is 28.0. The van der Waals surface area contributed by atoms with Crippen LogP contribution in [0.4, 0.5) is 26.4 Å². The molecule has 4 N–H and O–H groups in total. The third-order valence-electron chi connectivity index (χ3n) is 10.1. The number of fused-ring (bicyclic) bond motifs is 3. The van der Waals surface area contributed by atoms with Crippen molar-refractivity contribution in [3.05, 3.63) is 53.8 Å². The molecule has 0 radical (unpaired) electrons. The molecular weight excluding hydrogens is 609 g/mol. The van der Waals surface area contributed by atoms with Crippen LogP contribution in [0.25, 0.3) is 32.8 Å². The first-order valence-corrected chi connectivity index (χ1v) is 16.6. The van der Waals surface area contributed by atoms with Crippen molar-refractivity contribution in [3.63, 3.8) is 0 Å². The molecule has 10 nitrogen and oxygen atoms in total. The van der Waals surface area contributed by atoms with E-state index in [9.17, 15) is 15.2 Å². The van der Waals surface area contributed by atoms with E-state index in [0.29, 0.717) is 71.4 Å². The number of nitrogen functional groups attached to an aromatic ring is 1. The fraction of sp³-hybridized carbons (Fsp3) is 0.432. The Kier molecular flexibility index (Phi) is 7.74. The summed E-state index contributed by atoms with van der Waals surface area (Å²) in [6, 6.07) is 15.0. The lowest BCUT2D eigenvalue weighted by atomic mass is 9.79. The summed E-state index contributed by atoms with van der Waals surface area (Å²) in [6.45, 7) is 7.53. The molecule has 3 saturated heterocycles. The van der Waals surface area contributed by atoms with Gasteiger partial charge in [0.2, 0.25) is 0 Å². The Morgan fingerprint density at radius 2 is 1.94 bits per heavy atom. The zero-order chi connectivity index (χ0) is 34.1. The molecule has 3 aromatic carbocycles. The monoisotopic (exact) mass is 651 g/mol. The number of phenols is 1. The van der Waals surface area contributed by atoms with Crippen LogP contribution < -0.4 is 16.0 Å². The molecule has 1 aromatic heterocycles. The van der Waals surface area contributed by atoms with Gasteiger partial charge in [0.1, 0.15) is 16.9 Å². The van der Waals surface area contributed by atoms with Crippen molar-refractivity contribution < 1.29 is 19.0 Å². The van der Waals surface area contributed by atoms with E-state index < -0.39 is 11.4 Å². The summed E-state index contributed by atoms with van der Waals surface area (Å²) in [6.07, 6.45) is 0.979. The fourth-order valence-electron chi connectivity index (χ4n) is 7.48. The molecule has 0 spiro atoms. The SMILES string of the molecule is CN(C)C1CN(c2nc3c(F)c(-c4cc(O)cc5ccccc45)c(CCC#N)cc3c(NC3C4CC3N(C(=O)OC(C)(C)C)C4)c2N)C1. The summed E-state index contributed by atoms with van der Waals surface area (Å²) >= 11 is 0. The van der Waals surface area contributed by atoms with E-state index in [-0.39, 0.29) is 41.8 Å². The van der Waals surface area contributed by atoms with E-state index in [1.165, 1.54) is 0 Å². The molecule has 3 unspecified atom stereocenters. The minimum Gasteiger partial charge on any atom is -0.508 e. The number of aromatic hydroxyl groups is 1. The van der Waals surface area contributed by atoms with Crippen LogP contribution in [-0.2, 0) is 11.2 Å². The maximum Gasteiger partial charge on any atom is 0.410 e. The first kappa shape index (κ1) is 31.8. The number of aryl methyl sites for hydroxylation is 1. The second-order valence-electron chi connectivity index (χ2n) is 14.6. The maximum absolute atomic E-state index is 17.3. The van der Waals surface area contributed by atoms with Crippen LogP contribution in [0, 0.1) is 23.1 Å². The first-order chi connectivity index (χ1) is 22.8. The van der Waals surface area contributed by atoms with Crippen molar-refractivity contribution in [1.82, 2.24) is 14.8 Å². The third kappa shape index (κ3) is 5.38. The molecule has 4 fully saturated rings. The number of nitrogens with zero attached hydrogens (tertiary/aromatic N) is 5. The Hall–Kier alpha value is -4.82. The van der Waals surface area contributed by atoms with Gasteiger partial charge in [-0.05, 0) is 87.8 Å². The summed E-state index contributed by atoms with van der Waals surface area (Å²) in [5.41, 5.74) is 8.98. The molecule has 1 amide bonds. The summed E-state index contributed by atoms with van der Waals surface area (Å²) in [4.78, 5) is 24.0. The predicted molar refractivity (Wildman–Crippen MR) is 187 cm³/mol. The number of hydrogen-bond donors (Lipinski definition) is 3. The number of benzene rings is 3. The van der Waals surface area contributed by atoms with Gasteiger partial charge >= 0.3 is 6.09 Å². The lowest BCUT2D eigenvalue weighted by Gasteiger charge is -2.44. The number of anilines is 3. The number of ether oxygens (including phenoxy) is 1. The molecule has 250 valence electrons. The van der Waals surface area contributed by atoms with Crippen LogP contribution in [0.15, 0.2) is 42.5 Å². The third-order valence-corrected chi connectivity index (χ3v) is 10.1. The Morgan fingerprint density at radius 3 is 2.65 bits per heavy atom. The standard InChI is InChI=1S/C37H42FN7O3/c1-37(2,3)48-36(47)45-17-22-15-28(45)32(22)41-34-27-14-21(10-8-12-39)29(26-16-24(46)13-20-9-6-7-11-25(20)26)30(38)33(27)42-35(31(34)40)44-18-23(19-44)43(4)5/h6-7,9,11,13-14,16,22-23,28,32,46H,8,10,15,17-19,40H2,1-5H3,(H,41,42). The van der Waals surface area contributed by atoms with E-state index in [4.69, 9.17) is 15.5 Å². The molecule has 1 aliphatic carbocycles. The van der Waals surface area contributed by atoms with Gasteiger partial charge in [-0.3, -0.25) is 0 Å². The van der Waals surface area contributed by atoms with Crippen LogP contribution in [0.2, 0.25) is 0 Å². The number of hydrogen-bond acceptors (Lipinski definition) is 9. The van der Waals surface area contributed by atoms with Gasteiger partial charge in [-0.15, -0.1) is 0 Å². The van der Waals surface area contributed by atoms with Crippen molar-refractivity contribution >= 4 is 45.0 Å². The number of halogens is 1. The lowest BCUT2D eigenvalue weighted by Crippen LogP contribution is -2.58. The Morgan fingerprint density at radius 1 is 1.19 bits per heavy atom. The summed E-state index contributed by atoms with van der Waals surface area (Å²) in [5, 5.41) is 26.0. The van der Waals surface area contributed by atoms with Gasteiger partial charge in [-0.1, -0.05) is 24.3 Å². The molecule has 4 heterocycles. The van der Waals surface area contributed by atoms with Gasteiger partial charge in [0.25, 0.3) is 0 Å². The molecule has 11 heteroatoms. The molecule has 48 heavy (non-hydrogen) atoms. The lowest BCUT2D eigenvalue weighted by molar-refractivity contribution is 0.0239. The van der Waals surface area contributed by atoms with Crippen molar-refractivity contribution in [2.24, 2.45) is 5.92 Å². The highest BCUT2D eigenvalue weighted by atomic mass is 19.1. The normalized spacial score (nSPS) is 20.6. The Bertz CT molecular complexity index is 1980.